The predicted molar refractivity (Wildman–Crippen MR) is 102 cm³/mol. The van der Waals surface area contributed by atoms with Gasteiger partial charge in [0.05, 0.1) is 11.4 Å². The zero-order valence-corrected chi connectivity index (χ0v) is 14.0. The molecule has 0 aromatic heterocycles. The van der Waals surface area contributed by atoms with Crippen LogP contribution in [-0.2, 0) is 5.41 Å². The van der Waals surface area contributed by atoms with E-state index in [4.69, 9.17) is 0 Å². The molecule has 2 heterocycles. The fourth-order valence-electron chi connectivity index (χ4n) is 3.96. The molecule has 0 spiro atoms. The smallest absolute Gasteiger partial charge is 0.124 e. The molecule has 3 aromatic rings. The van der Waals surface area contributed by atoms with Crippen LogP contribution < -0.4 is 16.0 Å². The molecule has 2 aliphatic heterocycles. The van der Waals surface area contributed by atoms with Gasteiger partial charge < -0.3 is 16.0 Å². The van der Waals surface area contributed by atoms with Crippen molar-refractivity contribution in [1.29, 1.82) is 0 Å². The van der Waals surface area contributed by atoms with Crippen molar-refractivity contribution in [3.05, 3.63) is 65.7 Å². The Morgan fingerprint density at radius 2 is 1.62 bits per heavy atom. The van der Waals surface area contributed by atoms with Crippen LogP contribution in [-0.4, -0.2) is 6.54 Å². The number of rotatable bonds is 1. The standard InChI is InChI=1S/C21H21N3/c1-21(2)12-22-17-11-19-18(10-16(17)21)23-20(24-19)15-9-5-7-13-6-3-4-8-14(13)15/h3-11,20,22-24H,12H2,1-2H3. The molecule has 0 fully saturated rings. The summed E-state index contributed by atoms with van der Waals surface area (Å²) in [6.07, 6.45) is 0.108. The first kappa shape index (κ1) is 13.7. The van der Waals surface area contributed by atoms with Gasteiger partial charge in [-0.3, -0.25) is 0 Å². The molecule has 0 saturated carbocycles. The Morgan fingerprint density at radius 1 is 0.875 bits per heavy atom. The minimum atomic E-state index is 0.108. The van der Waals surface area contributed by atoms with E-state index in [2.05, 4.69) is 84.4 Å². The fourth-order valence-corrected chi connectivity index (χ4v) is 3.96. The quantitative estimate of drug-likeness (QED) is 0.586. The maximum absolute atomic E-state index is 3.67. The van der Waals surface area contributed by atoms with Gasteiger partial charge in [-0.25, -0.2) is 0 Å². The van der Waals surface area contributed by atoms with Crippen LogP contribution in [0.15, 0.2) is 54.6 Å². The second-order valence-electron chi connectivity index (χ2n) is 7.47. The molecule has 24 heavy (non-hydrogen) atoms. The highest BCUT2D eigenvalue weighted by Gasteiger charge is 2.33. The number of fused-ring (bicyclic) bond motifs is 3. The zero-order chi connectivity index (χ0) is 16.3. The van der Waals surface area contributed by atoms with Crippen molar-refractivity contribution in [3.8, 4) is 0 Å². The minimum Gasteiger partial charge on any atom is -0.384 e. The second-order valence-corrected chi connectivity index (χ2v) is 7.47. The molecular formula is C21H21N3. The second kappa shape index (κ2) is 4.67. The monoisotopic (exact) mass is 315 g/mol. The van der Waals surface area contributed by atoms with Gasteiger partial charge in [-0.15, -0.1) is 0 Å². The van der Waals surface area contributed by atoms with E-state index in [1.807, 2.05) is 0 Å². The third kappa shape index (κ3) is 1.91. The summed E-state index contributed by atoms with van der Waals surface area (Å²) in [5.41, 5.74) is 6.50. The molecule has 3 N–H and O–H groups in total. The molecule has 3 nitrogen and oxygen atoms in total. The molecule has 0 bridgehead atoms. The zero-order valence-electron chi connectivity index (χ0n) is 14.0. The van der Waals surface area contributed by atoms with Gasteiger partial charge in [-0.2, -0.15) is 0 Å². The summed E-state index contributed by atoms with van der Waals surface area (Å²) in [5, 5.41) is 13.4. The van der Waals surface area contributed by atoms with Gasteiger partial charge in [0, 0.05) is 23.2 Å². The molecule has 3 aromatic carbocycles. The first-order chi connectivity index (χ1) is 11.6. The Labute approximate surface area is 142 Å². The SMILES string of the molecule is CC1(C)CNc2cc3c(cc21)NC(c1cccc2ccccc12)N3. The number of nitrogens with one attached hydrogen (secondary N) is 3. The highest BCUT2D eigenvalue weighted by atomic mass is 15.2. The molecule has 5 rings (SSSR count). The van der Waals surface area contributed by atoms with E-state index in [1.165, 1.54) is 39.0 Å². The van der Waals surface area contributed by atoms with E-state index >= 15 is 0 Å². The van der Waals surface area contributed by atoms with E-state index in [0.717, 1.165) is 6.54 Å². The molecule has 120 valence electrons. The highest BCUT2D eigenvalue weighted by molar-refractivity contribution is 5.89. The van der Waals surface area contributed by atoms with Gasteiger partial charge in [0.25, 0.3) is 0 Å². The van der Waals surface area contributed by atoms with Gasteiger partial charge in [-0.05, 0) is 28.5 Å². The van der Waals surface area contributed by atoms with Crippen LogP contribution in [0, 0.1) is 0 Å². The van der Waals surface area contributed by atoms with Crippen LogP contribution in [0.25, 0.3) is 10.8 Å². The van der Waals surface area contributed by atoms with E-state index < -0.39 is 0 Å². The molecule has 3 heteroatoms. The van der Waals surface area contributed by atoms with Crippen LogP contribution in [0.2, 0.25) is 0 Å². The molecule has 0 radical (unpaired) electrons. The third-order valence-corrected chi connectivity index (χ3v) is 5.34. The maximum atomic E-state index is 3.67. The average molecular weight is 315 g/mol. The summed E-state index contributed by atoms with van der Waals surface area (Å²) < 4.78 is 0. The number of hydrogen-bond acceptors (Lipinski definition) is 3. The lowest BCUT2D eigenvalue weighted by Gasteiger charge is -2.17. The molecule has 2 aliphatic rings. The molecular weight excluding hydrogens is 294 g/mol. The Morgan fingerprint density at radius 3 is 2.50 bits per heavy atom. The number of anilines is 3. The lowest BCUT2D eigenvalue weighted by molar-refractivity contribution is 0.586. The molecule has 0 aliphatic carbocycles. The van der Waals surface area contributed by atoms with Crippen LogP contribution >= 0.6 is 0 Å². The largest absolute Gasteiger partial charge is 0.384 e. The first-order valence-electron chi connectivity index (χ1n) is 8.55. The van der Waals surface area contributed by atoms with E-state index in [1.54, 1.807) is 0 Å². The fraction of sp³-hybridized carbons (Fsp3) is 0.238. The van der Waals surface area contributed by atoms with Crippen LogP contribution in [0.4, 0.5) is 17.1 Å². The lowest BCUT2D eigenvalue weighted by Crippen LogP contribution is -2.19. The third-order valence-electron chi connectivity index (χ3n) is 5.34. The summed E-state index contributed by atoms with van der Waals surface area (Å²) in [5.74, 6) is 0. The van der Waals surface area contributed by atoms with Crippen LogP contribution in [0.1, 0.15) is 31.1 Å². The normalized spacial score (nSPS) is 20.0. The summed E-state index contributed by atoms with van der Waals surface area (Å²) in [4.78, 5) is 0. The Bertz CT molecular complexity index is 953. The van der Waals surface area contributed by atoms with Crippen molar-refractivity contribution < 1.29 is 0 Å². The minimum absolute atomic E-state index is 0.108. The summed E-state index contributed by atoms with van der Waals surface area (Å²) >= 11 is 0. The Balaban J connectivity index is 1.57. The number of hydrogen-bond donors (Lipinski definition) is 3. The maximum Gasteiger partial charge on any atom is 0.124 e. The van der Waals surface area contributed by atoms with Crippen LogP contribution in [0.5, 0.6) is 0 Å². The van der Waals surface area contributed by atoms with Gasteiger partial charge >= 0.3 is 0 Å². The summed E-state index contributed by atoms with van der Waals surface area (Å²) in [6.45, 7) is 5.59. The van der Waals surface area contributed by atoms with E-state index in [-0.39, 0.29) is 11.6 Å². The van der Waals surface area contributed by atoms with Crippen molar-refractivity contribution in [2.75, 3.05) is 22.5 Å². The number of benzene rings is 3. The Hall–Kier alpha value is -2.68. The highest BCUT2D eigenvalue weighted by Crippen LogP contribution is 2.45. The van der Waals surface area contributed by atoms with E-state index in [9.17, 15) is 0 Å². The van der Waals surface area contributed by atoms with E-state index in [0.29, 0.717) is 0 Å². The molecule has 0 saturated heterocycles. The summed E-state index contributed by atoms with van der Waals surface area (Å²) in [6, 6.07) is 19.6. The van der Waals surface area contributed by atoms with Gasteiger partial charge in [0.2, 0.25) is 0 Å². The van der Waals surface area contributed by atoms with Crippen LogP contribution in [0.3, 0.4) is 0 Å². The summed E-state index contributed by atoms with van der Waals surface area (Å²) in [7, 11) is 0. The molecule has 1 atom stereocenters. The molecule has 0 amide bonds. The Kier molecular flexibility index (Phi) is 2.67. The lowest BCUT2D eigenvalue weighted by atomic mass is 9.86. The molecule has 1 unspecified atom stereocenters. The van der Waals surface area contributed by atoms with Crippen molar-refractivity contribution in [1.82, 2.24) is 0 Å². The van der Waals surface area contributed by atoms with Gasteiger partial charge in [0.1, 0.15) is 6.17 Å². The van der Waals surface area contributed by atoms with Crippen molar-refractivity contribution in [2.24, 2.45) is 0 Å². The first-order valence-corrected chi connectivity index (χ1v) is 8.55. The van der Waals surface area contributed by atoms with Gasteiger partial charge in [-0.1, -0.05) is 56.3 Å². The predicted octanol–water partition coefficient (Wildman–Crippen LogP) is 5.08. The van der Waals surface area contributed by atoms with Gasteiger partial charge in [0.15, 0.2) is 0 Å². The average Bonchev–Trinajstić information content (AvgIpc) is 3.13. The van der Waals surface area contributed by atoms with Crippen molar-refractivity contribution in [3.63, 3.8) is 0 Å². The van der Waals surface area contributed by atoms with Crippen molar-refractivity contribution >= 4 is 27.8 Å². The van der Waals surface area contributed by atoms with Crippen molar-refractivity contribution in [2.45, 2.75) is 25.4 Å². The topological polar surface area (TPSA) is 36.1 Å².